The molecule has 0 aliphatic carbocycles. The summed E-state index contributed by atoms with van der Waals surface area (Å²) in [5, 5.41) is 2.83. The van der Waals surface area contributed by atoms with E-state index in [1.165, 1.54) is 0 Å². The number of ether oxygens (including phenoxy) is 1. The van der Waals surface area contributed by atoms with E-state index in [4.69, 9.17) is 4.74 Å². The largest absolute Gasteiger partial charge is 0.376 e. The van der Waals surface area contributed by atoms with Crippen molar-refractivity contribution in [2.45, 2.75) is 45.8 Å². The predicted molar refractivity (Wildman–Crippen MR) is 93.8 cm³/mol. The Hall–Kier alpha value is -2.41. The number of carbonyl (C=O) groups excluding carboxylic acids is 1. The van der Waals surface area contributed by atoms with Crippen LogP contribution in [0, 0.1) is 13.8 Å². The number of nitrogens with zero attached hydrogens (tertiary/aromatic N) is 2. The van der Waals surface area contributed by atoms with Crippen molar-refractivity contribution in [1.82, 2.24) is 19.9 Å². The van der Waals surface area contributed by atoms with Gasteiger partial charge in [0.05, 0.1) is 19.0 Å². The summed E-state index contributed by atoms with van der Waals surface area (Å²) in [4.78, 5) is 32.3. The van der Waals surface area contributed by atoms with E-state index >= 15 is 0 Å². The molecule has 2 N–H and O–H groups in total. The topological polar surface area (TPSA) is 89.0 Å². The van der Waals surface area contributed by atoms with Crippen LogP contribution in [0.2, 0.25) is 0 Å². The quantitative estimate of drug-likeness (QED) is 0.828. The molecule has 3 rings (SSSR count). The van der Waals surface area contributed by atoms with Crippen molar-refractivity contribution in [1.29, 1.82) is 0 Å². The fraction of sp³-hybridized carbons (Fsp3) is 0.500. The molecule has 3 heterocycles. The SMILES string of the molecule is Cc1cc(C)n(C[C@@H]2CCCO2)c(=O)c1C(=O)NCCc1cnc[nH]1. The third-order valence-electron chi connectivity index (χ3n) is 4.58. The summed E-state index contributed by atoms with van der Waals surface area (Å²) in [6.07, 6.45) is 5.98. The first-order valence-corrected chi connectivity index (χ1v) is 8.64. The first kappa shape index (κ1) is 17.4. The molecule has 0 bridgehead atoms. The molecule has 1 saturated heterocycles. The second kappa shape index (κ2) is 7.65. The monoisotopic (exact) mass is 344 g/mol. The van der Waals surface area contributed by atoms with E-state index < -0.39 is 0 Å². The number of hydrogen-bond donors (Lipinski definition) is 2. The molecule has 0 saturated carbocycles. The summed E-state index contributed by atoms with van der Waals surface area (Å²) in [5.41, 5.74) is 2.47. The number of pyridine rings is 1. The minimum absolute atomic E-state index is 0.0513. The highest BCUT2D eigenvalue weighted by Crippen LogP contribution is 2.15. The lowest BCUT2D eigenvalue weighted by Crippen LogP contribution is -2.37. The van der Waals surface area contributed by atoms with Crippen LogP contribution in [0.15, 0.2) is 23.4 Å². The molecule has 0 radical (unpaired) electrons. The number of rotatable bonds is 6. The summed E-state index contributed by atoms with van der Waals surface area (Å²) >= 11 is 0. The number of aromatic amines is 1. The molecule has 0 spiro atoms. The molecule has 1 amide bonds. The number of amides is 1. The molecular formula is C18H24N4O3. The van der Waals surface area contributed by atoms with Crippen molar-refractivity contribution in [3.63, 3.8) is 0 Å². The molecule has 0 unspecified atom stereocenters. The molecule has 2 aromatic heterocycles. The zero-order valence-electron chi connectivity index (χ0n) is 14.7. The Morgan fingerprint density at radius 1 is 1.48 bits per heavy atom. The van der Waals surface area contributed by atoms with Gasteiger partial charge in [-0.2, -0.15) is 0 Å². The van der Waals surface area contributed by atoms with Crippen LogP contribution in [-0.2, 0) is 17.7 Å². The number of aromatic nitrogens is 3. The Bertz CT molecular complexity index is 789. The molecule has 1 aliphatic rings. The highest BCUT2D eigenvalue weighted by molar-refractivity contribution is 5.95. The standard InChI is InChI=1S/C18H24N4O3/c1-12-8-13(2)22(10-15-4-3-7-25-15)18(24)16(12)17(23)20-6-5-14-9-19-11-21-14/h8-9,11,15H,3-7,10H2,1-2H3,(H,19,21)(H,20,23)/t15-/m0/s1. The Kier molecular flexibility index (Phi) is 5.33. The van der Waals surface area contributed by atoms with Gasteiger partial charge in [0, 0.05) is 37.2 Å². The normalized spacial score (nSPS) is 17.0. The highest BCUT2D eigenvalue weighted by atomic mass is 16.5. The minimum atomic E-state index is -0.330. The van der Waals surface area contributed by atoms with Crippen LogP contribution in [0.25, 0.3) is 0 Å². The van der Waals surface area contributed by atoms with Gasteiger partial charge in [0.25, 0.3) is 11.5 Å². The maximum absolute atomic E-state index is 12.9. The lowest BCUT2D eigenvalue weighted by atomic mass is 10.1. The van der Waals surface area contributed by atoms with Gasteiger partial charge in [0.15, 0.2) is 0 Å². The van der Waals surface area contributed by atoms with Crippen LogP contribution in [0.4, 0.5) is 0 Å². The van der Waals surface area contributed by atoms with Gasteiger partial charge in [-0.25, -0.2) is 4.98 Å². The summed E-state index contributed by atoms with van der Waals surface area (Å²) < 4.78 is 7.29. The molecule has 7 nitrogen and oxygen atoms in total. The Morgan fingerprint density at radius 2 is 2.32 bits per heavy atom. The van der Waals surface area contributed by atoms with E-state index in [-0.39, 0.29) is 23.1 Å². The summed E-state index contributed by atoms with van der Waals surface area (Å²) in [5.74, 6) is -0.330. The van der Waals surface area contributed by atoms with Gasteiger partial charge in [-0.15, -0.1) is 0 Å². The third-order valence-corrected chi connectivity index (χ3v) is 4.58. The molecular weight excluding hydrogens is 320 g/mol. The molecule has 1 fully saturated rings. The van der Waals surface area contributed by atoms with Gasteiger partial charge in [-0.1, -0.05) is 0 Å². The second-order valence-corrected chi connectivity index (χ2v) is 6.48. The maximum atomic E-state index is 12.9. The van der Waals surface area contributed by atoms with Gasteiger partial charge in [0.1, 0.15) is 5.56 Å². The highest BCUT2D eigenvalue weighted by Gasteiger charge is 2.21. The van der Waals surface area contributed by atoms with Crippen LogP contribution in [0.3, 0.4) is 0 Å². The van der Waals surface area contributed by atoms with Crippen molar-refractivity contribution in [3.05, 3.63) is 51.5 Å². The molecule has 1 atom stereocenters. The van der Waals surface area contributed by atoms with Gasteiger partial charge < -0.3 is 19.6 Å². The van der Waals surface area contributed by atoms with E-state index in [1.54, 1.807) is 24.0 Å². The Morgan fingerprint density at radius 3 is 3.00 bits per heavy atom. The number of carbonyl (C=O) groups is 1. The Balaban J connectivity index is 1.74. The molecule has 0 aromatic carbocycles. The minimum Gasteiger partial charge on any atom is -0.376 e. The fourth-order valence-electron chi connectivity index (χ4n) is 3.24. The number of nitrogens with one attached hydrogen (secondary N) is 2. The van der Waals surface area contributed by atoms with E-state index in [0.717, 1.165) is 30.8 Å². The van der Waals surface area contributed by atoms with E-state index in [0.29, 0.717) is 25.1 Å². The Labute approximate surface area is 146 Å². The smallest absolute Gasteiger partial charge is 0.263 e. The summed E-state index contributed by atoms with van der Waals surface area (Å²) in [6, 6.07) is 1.89. The number of imidazole rings is 1. The average molecular weight is 344 g/mol. The summed E-state index contributed by atoms with van der Waals surface area (Å²) in [7, 11) is 0. The summed E-state index contributed by atoms with van der Waals surface area (Å²) in [6.45, 7) is 5.38. The van der Waals surface area contributed by atoms with E-state index in [2.05, 4.69) is 15.3 Å². The van der Waals surface area contributed by atoms with Gasteiger partial charge in [0.2, 0.25) is 0 Å². The van der Waals surface area contributed by atoms with Crippen LogP contribution < -0.4 is 10.9 Å². The molecule has 7 heteroatoms. The molecule has 134 valence electrons. The number of H-pyrrole nitrogens is 1. The average Bonchev–Trinajstić information content (AvgIpc) is 3.25. The number of hydrogen-bond acceptors (Lipinski definition) is 4. The second-order valence-electron chi connectivity index (χ2n) is 6.48. The fourth-order valence-corrected chi connectivity index (χ4v) is 3.24. The lowest BCUT2D eigenvalue weighted by Gasteiger charge is -2.17. The van der Waals surface area contributed by atoms with E-state index in [9.17, 15) is 9.59 Å². The lowest BCUT2D eigenvalue weighted by molar-refractivity contribution is 0.0927. The van der Waals surface area contributed by atoms with Crippen LogP contribution in [0.1, 0.15) is 40.2 Å². The van der Waals surface area contributed by atoms with E-state index in [1.807, 2.05) is 13.0 Å². The van der Waals surface area contributed by atoms with Crippen molar-refractivity contribution in [3.8, 4) is 0 Å². The van der Waals surface area contributed by atoms with Crippen LogP contribution >= 0.6 is 0 Å². The predicted octanol–water partition coefficient (Wildman–Crippen LogP) is 1.34. The first-order chi connectivity index (χ1) is 12.1. The van der Waals surface area contributed by atoms with Gasteiger partial charge in [-0.05, 0) is 38.3 Å². The zero-order valence-corrected chi connectivity index (χ0v) is 14.7. The van der Waals surface area contributed by atoms with Crippen molar-refractivity contribution >= 4 is 5.91 Å². The van der Waals surface area contributed by atoms with Crippen molar-refractivity contribution in [2.24, 2.45) is 0 Å². The number of aryl methyl sites for hydroxylation is 2. The van der Waals surface area contributed by atoms with Crippen molar-refractivity contribution in [2.75, 3.05) is 13.2 Å². The first-order valence-electron chi connectivity index (χ1n) is 8.64. The van der Waals surface area contributed by atoms with Crippen molar-refractivity contribution < 1.29 is 9.53 Å². The van der Waals surface area contributed by atoms with Crippen LogP contribution in [-0.4, -0.2) is 39.7 Å². The maximum Gasteiger partial charge on any atom is 0.263 e. The van der Waals surface area contributed by atoms with Crippen LogP contribution in [0.5, 0.6) is 0 Å². The van der Waals surface area contributed by atoms with Gasteiger partial charge >= 0.3 is 0 Å². The molecule has 1 aliphatic heterocycles. The zero-order chi connectivity index (χ0) is 17.8. The molecule has 2 aromatic rings. The molecule has 25 heavy (non-hydrogen) atoms. The van der Waals surface area contributed by atoms with Gasteiger partial charge in [-0.3, -0.25) is 9.59 Å². The third kappa shape index (κ3) is 3.99.